The van der Waals surface area contributed by atoms with Gasteiger partial charge in [-0.3, -0.25) is 0 Å². The zero-order valence-corrected chi connectivity index (χ0v) is 21.0. The van der Waals surface area contributed by atoms with E-state index in [4.69, 9.17) is 14.2 Å². The third kappa shape index (κ3) is 7.87. The number of ether oxygens (including phenoxy) is 3. The van der Waals surface area contributed by atoms with Gasteiger partial charge in [0.25, 0.3) is 0 Å². The van der Waals surface area contributed by atoms with Crippen molar-refractivity contribution >= 4 is 21.8 Å². The zero-order chi connectivity index (χ0) is 25.4. The molecule has 0 saturated heterocycles. The number of methoxy groups -OCH3 is 3. The molecule has 0 aliphatic carbocycles. The van der Waals surface area contributed by atoms with Gasteiger partial charge in [0, 0.05) is 0 Å². The van der Waals surface area contributed by atoms with Gasteiger partial charge in [-0.2, -0.15) is 0 Å². The summed E-state index contributed by atoms with van der Waals surface area (Å²) < 4.78 is 57.6. The number of hydrogen-bond acceptors (Lipinski definition) is 3. The van der Waals surface area contributed by atoms with Gasteiger partial charge in [0.2, 0.25) is 0 Å². The molecule has 35 heavy (non-hydrogen) atoms. The van der Waals surface area contributed by atoms with Gasteiger partial charge < -0.3 is 17.3 Å². The molecule has 0 saturated carbocycles. The minimum atomic E-state index is -6.00. The van der Waals surface area contributed by atoms with E-state index in [1.807, 2.05) is 36.4 Å². The van der Waals surface area contributed by atoms with E-state index in [-0.39, 0.29) is 14.5 Å². The van der Waals surface area contributed by atoms with Crippen molar-refractivity contribution in [2.24, 2.45) is 0 Å². The molecule has 0 aliphatic rings. The Bertz CT molecular complexity index is 1070. The maximum Gasteiger partial charge on any atom is 0.673 e. The molecule has 0 aliphatic heterocycles. The van der Waals surface area contributed by atoms with Crippen LogP contribution in [0.2, 0.25) is 0 Å². The summed E-state index contributed by atoms with van der Waals surface area (Å²) in [5.41, 5.74) is 4.81. The standard InChI is InChI=1S/C26H23O3Se.BF4/c1-27-22-10-4-18(5-11-22)21-16-25(19-6-12-23(28-2)13-7-19)30-26(17-21)20-8-14-24(29-3)15-9-20;2-1(3,4)5/h4-17H,1-3H3;/q+1;-1. The fourth-order valence-electron chi connectivity index (χ4n) is 3.25. The molecule has 0 N–H and O–H groups in total. The second-order valence-corrected chi connectivity index (χ2v) is 9.53. The molecule has 182 valence electrons. The minimum Gasteiger partial charge on any atom is -0.418 e. The molecule has 3 aromatic carbocycles. The Hall–Kier alpha value is -3.29. The molecular formula is C26H23BF4O3Se. The van der Waals surface area contributed by atoms with E-state index in [0.717, 1.165) is 17.2 Å². The molecule has 0 spiro atoms. The Labute approximate surface area is 207 Å². The van der Waals surface area contributed by atoms with Crippen molar-refractivity contribution in [3.8, 4) is 48.4 Å². The summed E-state index contributed by atoms with van der Waals surface area (Å²) in [6.07, 6.45) is 0. The van der Waals surface area contributed by atoms with Gasteiger partial charge >= 0.3 is 191 Å². The summed E-state index contributed by atoms with van der Waals surface area (Å²) in [5.74, 6) is 2.60. The van der Waals surface area contributed by atoms with E-state index in [1.165, 1.54) is 31.1 Å². The average molecular weight is 549 g/mol. The summed E-state index contributed by atoms with van der Waals surface area (Å²) in [7, 11) is -0.924. The molecular weight excluding hydrogens is 526 g/mol. The molecule has 0 fully saturated rings. The minimum absolute atomic E-state index is 0.180. The van der Waals surface area contributed by atoms with Crippen LogP contribution < -0.4 is 14.2 Å². The summed E-state index contributed by atoms with van der Waals surface area (Å²) in [4.78, 5) is 0. The predicted molar refractivity (Wildman–Crippen MR) is 134 cm³/mol. The second-order valence-electron chi connectivity index (χ2n) is 7.25. The fourth-order valence-corrected chi connectivity index (χ4v) is 5.59. The summed E-state index contributed by atoms with van der Waals surface area (Å²) in [6.45, 7) is 0. The summed E-state index contributed by atoms with van der Waals surface area (Å²) >= 11 is 0.180. The molecule has 0 radical (unpaired) electrons. The van der Waals surface area contributed by atoms with E-state index in [9.17, 15) is 17.3 Å². The van der Waals surface area contributed by atoms with Crippen molar-refractivity contribution in [3.63, 3.8) is 0 Å². The molecule has 0 atom stereocenters. The van der Waals surface area contributed by atoms with Crippen LogP contribution in [0.25, 0.3) is 31.1 Å². The SMILES string of the molecule is COc1ccc(-c2cc(-c3ccc(OC)cc3)[se+]c(-c3ccc(OC)cc3)c2)cc1.F[B-](F)(F)F. The van der Waals surface area contributed by atoms with Crippen molar-refractivity contribution in [3.05, 3.63) is 84.9 Å². The predicted octanol–water partition coefficient (Wildman–Crippen LogP) is 7.35. The molecule has 3 nitrogen and oxygen atoms in total. The second kappa shape index (κ2) is 11.9. The molecule has 0 bridgehead atoms. The van der Waals surface area contributed by atoms with E-state index in [0.29, 0.717) is 0 Å². The maximum atomic E-state index is 9.75. The van der Waals surface area contributed by atoms with Crippen molar-refractivity contribution in [2.45, 2.75) is 0 Å². The van der Waals surface area contributed by atoms with Crippen molar-refractivity contribution in [1.29, 1.82) is 0 Å². The molecule has 9 heteroatoms. The first-order valence-electron chi connectivity index (χ1n) is 10.5. The van der Waals surface area contributed by atoms with Crippen LogP contribution in [-0.2, 0) is 0 Å². The first-order chi connectivity index (χ1) is 16.7. The van der Waals surface area contributed by atoms with Crippen LogP contribution >= 0.6 is 0 Å². The molecule has 1 heterocycles. The van der Waals surface area contributed by atoms with Crippen LogP contribution in [0, 0.1) is 0 Å². The van der Waals surface area contributed by atoms with Crippen molar-refractivity contribution in [1.82, 2.24) is 0 Å². The Morgan fingerprint density at radius 1 is 0.486 bits per heavy atom. The van der Waals surface area contributed by atoms with E-state index >= 15 is 0 Å². The average Bonchev–Trinajstić information content (AvgIpc) is 2.87. The van der Waals surface area contributed by atoms with E-state index in [1.54, 1.807) is 21.3 Å². The van der Waals surface area contributed by atoms with Gasteiger partial charge in [0.1, 0.15) is 0 Å². The Kier molecular flexibility index (Phi) is 8.96. The van der Waals surface area contributed by atoms with Gasteiger partial charge in [-0.25, -0.2) is 0 Å². The fraction of sp³-hybridized carbons (Fsp3) is 0.115. The molecule has 4 rings (SSSR count). The Morgan fingerprint density at radius 2 is 0.771 bits per heavy atom. The summed E-state index contributed by atoms with van der Waals surface area (Å²) in [5, 5.41) is 0. The molecule has 0 unspecified atom stereocenters. The van der Waals surface area contributed by atoms with Crippen LogP contribution in [0.3, 0.4) is 0 Å². The van der Waals surface area contributed by atoms with Gasteiger partial charge in [0.15, 0.2) is 0 Å². The number of rotatable bonds is 6. The van der Waals surface area contributed by atoms with E-state index in [2.05, 4.69) is 48.5 Å². The topological polar surface area (TPSA) is 27.7 Å². The maximum absolute atomic E-state index is 9.75. The zero-order valence-electron chi connectivity index (χ0n) is 19.3. The van der Waals surface area contributed by atoms with Gasteiger partial charge in [-0.1, -0.05) is 0 Å². The third-order valence-corrected chi connectivity index (χ3v) is 7.37. The largest absolute Gasteiger partial charge is 0.673 e. The molecule has 1 aromatic heterocycles. The van der Waals surface area contributed by atoms with E-state index < -0.39 is 7.25 Å². The summed E-state index contributed by atoms with van der Waals surface area (Å²) in [6, 6.07) is 29.4. The monoisotopic (exact) mass is 550 g/mol. The number of halogens is 4. The van der Waals surface area contributed by atoms with Crippen LogP contribution in [0.4, 0.5) is 17.3 Å². The van der Waals surface area contributed by atoms with Gasteiger partial charge in [0.05, 0.1) is 0 Å². The normalized spacial score (nSPS) is 10.7. The Morgan fingerprint density at radius 3 is 1.06 bits per heavy atom. The quantitative estimate of drug-likeness (QED) is 0.186. The number of benzene rings is 3. The molecule has 0 amide bonds. The first-order valence-corrected chi connectivity index (χ1v) is 12.2. The first kappa shape index (κ1) is 26.3. The van der Waals surface area contributed by atoms with Crippen LogP contribution in [-0.4, -0.2) is 43.1 Å². The Balaban J connectivity index is 0.000000623. The van der Waals surface area contributed by atoms with Crippen molar-refractivity contribution < 1.29 is 31.5 Å². The van der Waals surface area contributed by atoms with Gasteiger partial charge in [-0.05, 0) is 0 Å². The smallest absolute Gasteiger partial charge is 0.418 e. The van der Waals surface area contributed by atoms with Crippen molar-refractivity contribution in [2.75, 3.05) is 21.3 Å². The van der Waals surface area contributed by atoms with Crippen LogP contribution in [0.15, 0.2) is 84.9 Å². The number of hydrogen-bond donors (Lipinski definition) is 0. The van der Waals surface area contributed by atoms with Crippen LogP contribution in [0.5, 0.6) is 17.2 Å². The third-order valence-electron chi connectivity index (χ3n) is 4.97. The van der Waals surface area contributed by atoms with Gasteiger partial charge in [-0.15, -0.1) is 0 Å². The molecule has 4 aromatic rings. The van der Waals surface area contributed by atoms with Crippen LogP contribution in [0.1, 0.15) is 0 Å².